The number of carbonyl (C=O) groups is 1. The van der Waals surface area contributed by atoms with E-state index in [2.05, 4.69) is 5.10 Å². The molecule has 1 aliphatic rings. The van der Waals surface area contributed by atoms with Gasteiger partial charge in [0.25, 0.3) is 11.6 Å². The van der Waals surface area contributed by atoms with Crippen LogP contribution >= 0.6 is 0 Å². The number of ether oxygens (including phenoxy) is 1. The second kappa shape index (κ2) is 5.84. The van der Waals surface area contributed by atoms with Crippen molar-refractivity contribution in [1.29, 1.82) is 0 Å². The summed E-state index contributed by atoms with van der Waals surface area (Å²) in [6, 6.07) is 5.07. The second-order valence-corrected chi connectivity index (χ2v) is 5.57. The van der Waals surface area contributed by atoms with Crippen molar-refractivity contribution in [2.24, 2.45) is 5.10 Å². The topological polar surface area (TPSA) is 62.1 Å². The van der Waals surface area contributed by atoms with Crippen molar-refractivity contribution < 1.29 is 27.8 Å². The van der Waals surface area contributed by atoms with Gasteiger partial charge in [-0.2, -0.15) is 23.3 Å². The largest absolute Gasteiger partial charge is 0.484 e. The van der Waals surface area contributed by atoms with Crippen molar-refractivity contribution in [3.8, 4) is 5.75 Å². The molecule has 0 saturated carbocycles. The molecule has 0 spiro atoms. The van der Waals surface area contributed by atoms with E-state index in [1.807, 2.05) is 13.8 Å². The van der Waals surface area contributed by atoms with Crippen LogP contribution in [0.15, 0.2) is 23.3 Å². The summed E-state index contributed by atoms with van der Waals surface area (Å²) in [6.45, 7) is 4.40. The standard InChI is InChI=1S/C15H17F3N2O3/c1-9-4-5-12(6-10(9)2)23-8-13(21)20-14(22,15(16,17)18)7-11(3)19-20/h4-6,22H,7-8H2,1-3H3/t14-/m0/s1. The van der Waals surface area contributed by atoms with Gasteiger partial charge >= 0.3 is 6.18 Å². The maximum absolute atomic E-state index is 13.0. The summed E-state index contributed by atoms with van der Waals surface area (Å²) in [5.41, 5.74) is -1.35. The highest BCUT2D eigenvalue weighted by Gasteiger charge is 2.62. The number of hydrogen-bond acceptors (Lipinski definition) is 4. The summed E-state index contributed by atoms with van der Waals surface area (Å²) in [5, 5.41) is 13.4. The Labute approximate surface area is 131 Å². The molecule has 2 rings (SSSR count). The molecule has 1 N–H and O–H groups in total. The minimum atomic E-state index is -5.01. The van der Waals surface area contributed by atoms with Crippen LogP contribution < -0.4 is 4.74 Å². The van der Waals surface area contributed by atoms with Crippen LogP contribution in [-0.4, -0.2) is 40.2 Å². The van der Waals surface area contributed by atoms with E-state index in [9.17, 15) is 23.1 Å². The summed E-state index contributed by atoms with van der Waals surface area (Å²) >= 11 is 0. The first-order valence-corrected chi connectivity index (χ1v) is 6.91. The molecule has 1 amide bonds. The van der Waals surface area contributed by atoms with Crippen molar-refractivity contribution in [3.63, 3.8) is 0 Å². The quantitative estimate of drug-likeness (QED) is 0.926. The molecule has 0 fully saturated rings. The molecule has 1 aromatic carbocycles. The highest BCUT2D eigenvalue weighted by molar-refractivity contribution is 5.89. The predicted molar refractivity (Wildman–Crippen MR) is 77.0 cm³/mol. The molecule has 5 nitrogen and oxygen atoms in total. The Balaban J connectivity index is 2.11. The molecule has 0 saturated heterocycles. The van der Waals surface area contributed by atoms with Gasteiger partial charge in [0.15, 0.2) is 6.61 Å². The molecule has 0 aromatic heterocycles. The molecule has 1 aliphatic heterocycles. The fourth-order valence-corrected chi connectivity index (χ4v) is 2.21. The number of alkyl halides is 3. The molecule has 8 heteroatoms. The Kier molecular flexibility index (Phi) is 4.39. The minimum absolute atomic E-state index is 0.0179. The fourth-order valence-electron chi connectivity index (χ4n) is 2.21. The van der Waals surface area contributed by atoms with Crippen LogP contribution in [-0.2, 0) is 4.79 Å². The molecule has 1 atom stereocenters. The number of amides is 1. The van der Waals surface area contributed by atoms with Crippen LogP contribution in [0.2, 0.25) is 0 Å². The average Bonchev–Trinajstić information content (AvgIpc) is 2.76. The van der Waals surface area contributed by atoms with E-state index >= 15 is 0 Å². The van der Waals surface area contributed by atoms with E-state index in [-0.39, 0.29) is 10.7 Å². The van der Waals surface area contributed by atoms with Crippen molar-refractivity contribution in [2.45, 2.75) is 39.1 Å². The predicted octanol–water partition coefficient (Wildman–Crippen LogP) is 2.54. The van der Waals surface area contributed by atoms with E-state index in [1.54, 1.807) is 18.2 Å². The van der Waals surface area contributed by atoms with E-state index in [0.717, 1.165) is 11.1 Å². The van der Waals surface area contributed by atoms with Crippen LogP contribution in [0.1, 0.15) is 24.5 Å². The number of rotatable bonds is 3. The summed E-state index contributed by atoms with van der Waals surface area (Å²) in [5.74, 6) is -0.711. The summed E-state index contributed by atoms with van der Waals surface area (Å²) < 4.78 is 44.3. The van der Waals surface area contributed by atoms with Gasteiger partial charge in [-0.05, 0) is 44.0 Å². The molecule has 126 valence electrons. The lowest BCUT2D eigenvalue weighted by Gasteiger charge is -2.32. The zero-order chi connectivity index (χ0) is 17.4. The van der Waals surface area contributed by atoms with E-state index in [4.69, 9.17) is 4.74 Å². The zero-order valence-corrected chi connectivity index (χ0v) is 12.9. The van der Waals surface area contributed by atoms with E-state index in [1.165, 1.54) is 6.92 Å². The molecular weight excluding hydrogens is 313 g/mol. The number of hydrogen-bond donors (Lipinski definition) is 1. The number of benzene rings is 1. The van der Waals surface area contributed by atoms with Crippen LogP contribution in [0.4, 0.5) is 13.2 Å². The average molecular weight is 330 g/mol. The van der Waals surface area contributed by atoms with Crippen molar-refractivity contribution >= 4 is 11.6 Å². The summed E-state index contributed by atoms with van der Waals surface area (Å²) in [4.78, 5) is 12.0. The minimum Gasteiger partial charge on any atom is -0.484 e. The molecule has 0 unspecified atom stereocenters. The number of nitrogens with zero attached hydrogens (tertiary/aromatic N) is 2. The molecule has 0 radical (unpaired) electrons. The lowest BCUT2D eigenvalue weighted by atomic mass is 10.1. The lowest BCUT2D eigenvalue weighted by Crippen LogP contribution is -2.57. The highest BCUT2D eigenvalue weighted by Crippen LogP contribution is 2.40. The first-order chi connectivity index (χ1) is 10.5. The van der Waals surface area contributed by atoms with E-state index in [0.29, 0.717) is 5.75 Å². The molecule has 23 heavy (non-hydrogen) atoms. The van der Waals surface area contributed by atoms with Crippen molar-refractivity contribution in [2.75, 3.05) is 6.61 Å². The zero-order valence-electron chi connectivity index (χ0n) is 12.9. The van der Waals surface area contributed by atoms with Crippen molar-refractivity contribution in [3.05, 3.63) is 29.3 Å². The Morgan fingerprint density at radius 3 is 2.57 bits per heavy atom. The van der Waals surface area contributed by atoms with Crippen molar-refractivity contribution in [1.82, 2.24) is 5.01 Å². The Morgan fingerprint density at radius 2 is 2.00 bits per heavy atom. The van der Waals surface area contributed by atoms with Gasteiger partial charge in [-0.3, -0.25) is 4.79 Å². The number of hydrazone groups is 1. The normalized spacial score (nSPS) is 21.3. The SMILES string of the molecule is CC1=NN(C(=O)COc2ccc(C)c(C)c2)[C@@](O)(C(F)(F)F)C1. The molecule has 1 heterocycles. The molecular formula is C15H17F3N2O3. The van der Waals surface area contributed by atoms with Gasteiger partial charge in [-0.1, -0.05) is 6.07 Å². The Bertz CT molecular complexity index is 658. The molecule has 0 bridgehead atoms. The first-order valence-electron chi connectivity index (χ1n) is 6.91. The number of carbonyl (C=O) groups excluding carboxylic acids is 1. The van der Waals surface area contributed by atoms with Crippen LogP contribution in [0.25, 0.3) is 0 Å². The number of aliphatic hydroxyl groups is 1. The van der Waals surface area contributed by atoms with Gasteiger partial charge in [0.2, 0.25) is 0 Å². The smallest absolute Gasteiger partial charge is 0.438 e. The van der Waals surface area contributed by atoms with E-state index < -0.39 is 30.8 Å². The van der Waals surface area contributed by atoms with Crippen LogP contribution in [0, 0.1) is 13.8 Å². The lowest BCUT2D eigenvalue weighted by molar-refractivity contribution is -0.302. The maximum atomic E-state index is 13.0. The second-order valence-electron chi connectivity index (χ2n) is 5.57. The van der Waals surface area contributed by atoms with Gasteiger partial charge < -0.3 is 9.84 Å². The third-order valence-corrected chi connectivity index (χ3v) is 3.65. The fraction of sp³-hybridized carbons (Fsp3) is 0.467. The Morgan fingerprint density at radius 1 is 1.35 bits per heavy atom. The third-order valence-electron chi connectivity index (χ3n) is 3.65. The number of aryl methyl sites for hydroxylation is 2. The van der Waals surface area contributed by atoms with Gasteiger partial charge in [-0.15, -0.1) is 0 Å². The number of halogens is 3. The maximum Gasteiger partial charge on any atom is 0.438 e. The van der Waals surface area contributed by atoms with Crippen LogP contribution in [0.3, 0.4) is 0 Å². The summed E-state index contributed by atoms with van der Waals surface area (Å²) in [6.07, 6.45) is -5.78. The van der Waals surface area contributed by atoms with Gasteiger partial charge in [0.1, 0.15) is 5.75 Å². The van der Waals surface area contributed by atoms with Gasteiger partial charge in [0.05, 0.1) is 0 Å². The molecule has 0 aliphatic carbocycles. The van der Waals surface area contributed by atoms with Gasteiger partial charge in [-0.25, -0.2) is 0 Å². The summed E-state index contributed by atoms with van der Waals surface area (Å²) in [7, 11) is 0. The monoisotopic (exact) mass is 330 g/mol. The molecule has 1 aromatic rings. The van der Waals surface area contributed by atoms with Gasteiger partial charge in [0, 0.05) is 12.1 Å². The van der Waals surface area contributed by atoms with Crippen LogP contribution in [0.5, 0.6) is 5.75 Å². The first kappa shape index (κ1) is 17.3. The third kappa shape index (κ3) is 3.31. The highest BCUT2D eigenvalue weighted by atomic mass is 19.4. The Hall–Kier alpha value is -2.09.